The van der Waals surface area contributed by atoms with Gasteiger partial charge in [0.1, 0.15) is 11.4 Å². The van der Waals surface area contributed by atoms with Crippen molar-refractivity contribution in [2.75, 3.05) is 51.8 Å². The Hall–Kier alpha value is -3.07. The van der Waals surface area contributed by atoms with Gasteiger partial charge < -0.3 is 24.4 Å². The summed E-state index contributed by atoms with van der Waals surface area (Å²) in [6.07, 6.45) is 7.20. The first kappa shape index (κ1) is 28.0. The monoisotopic (exact) mass is 526 g/mol. The van der Waals surface area contributed by atoms with Crippen molar-refractivity contribution >= 4 is 28.7 Å². The summed E-state index contributed by atoms with van der Waals surface area (Å²) in [6, 6.07) is 7.78. The van der Waals surface area contributed by atoms with Crippen LogP contribution >= 0.6 is 0 Å². The quantitative estimate of drug-likeness (QED) is 0.467. The molecule has 208 valence electrons. The fourth-order valence-corrected chi connectivity index (χ4v) is 6.56. The second-order valence-corrected chi connectivity index (χ2v) is 10.5. The number of likely N-dealkylation sites (tertiary alicyclic amines) is 1. The highest BCUT2D eigenvalue weighted by Gasteiger charge is 2.50. The second kappa shape index (κ2) is 12.7. The molecular formula is C29H42N4O5. The molecule has 2 unspecified atom stereocenters. The predicted molar refractivity (Wildman–Crippen MR) is 148 cm³/mol. The van der Waals surface area contributed by atoms with E-state index in [1.807, 2.05) is 24.4 Å². The van der Waals surface area contributed by atoms with E-state index in [1.54, 1.807) is 12.0 Å². The topological polar surface area (TPSA) is 95.4 Å². The first-order valence-electron chi connectivity index (χ1n) is 13.9. The number of methoxy groups -OCH3 is 2. The van der Waals surface area contributed by atoms with Gasteiger partial charge in [-0.3, -0.25) is 14.7 Å². The molecular weight excluding hydrogens is 484 g/mol. The lowest BCUT2D eigenvalue weighted by Crippen LogP contribution is -2.66. The summed E-state index contributed by atoms with van der Waals surface area (Å²) in [5.74, 6) is 0.502. The Morgan fingerprint density at radius 2 is 1.92 bits per heavy atom. The first-order chi connectivity index (χ1) is 18.4. The number of pyridine rings is 1. The number of hydrogen-bond donors (Lipinski definition) is 1. The molecule has 0 aliphatic carbocycles. The Labute approximate surface area is 225 Å². The fraction of sp³-hybridized carbons (Fsp3) is 0.621. The molecule has 0 saturated carbocycles. The van der Waals surface area contributed by atoms with Gasteiger partial charge in [0.15, 0.2) is 0 Å². The maximum Gasteiger partial charge on any atom is 0.407 e. The molecule has 9 nitrogen and oxygen atoms in total. The van der Waals surface area contributed by atoms with E-state index >= 15 is 0 Å². The van der Waals surface area contributed by atoms with Crippen molar-refractivity contribution in [3.63, 3.8) is 0 Å². The smallest absolute Gasteiger partial charge is 0.407 e. The summed E-state index contributed by atoms with van der Waals surface area (Å²) in [4.78, 5) is 36.3. The van der Waals surface area contributed by atoms with Crippen molar-refractivity contribution in [1.82, 2.24) is 14.8 Å². The van der Waals surface area contributed by atoms with Gasteiger partial charge in [-0.1, -0.05) is 25.8 Å². The molecule has 4 rings (SSSR count). The van der Waals surface area contributed by atoms with E-state index in [2.05, 4.69) is 27.8 Å². The third-order valence-corrected chi connectivity index (χ3v) is 8.40. The highest BCUT2D eigenvalue weighted by atomic mass is 16.5. The zero-order valence-corrected chi connectivity index (χ0v) is 23.0. The van der Waals surface area contributed by atoms with Gasteiger partial charge in [0.2, 0.25) is 0 Å². The van der Waals surface area contributed by atoms with Crippen LogP contribution in [-0.4, -0.2) is 90.5 Å². The number of amides is 1. The number of carbonyl (C=O) groups excluding carboxylic acids is 1. The van der Waals surface area contributed by atoms with Crippen LogP contribution in [0.25, 0.3) is 10.9 Å². The molecule has 2 aliphatic rings. The Morgan fingerprint density at radius 3 is 2.66 bits per heavy atom. The van der Waals surface area contributed by atoms with Crippen LogP contribution in [0.15, 0.2) is 30.5 Å². The van der Waals surface area contributed by atoms with Crippen molar-refractivity contribution in [2.45, 2.75) is 69.9 Å². The largest absolute Gasteiger partial charge is 0.494 e. The number of esters is 1. The number of piperidine rings is 1. The van der Waals surface area contributed by atoms with E-state index < -0.39 is 11.6 Å². The maximum atomic E-state index is 12.8. The molecule has 2 fully saturated rings. The van der Waals surface area contributed by atoms with Crippen molar-refractivity contribution in [2.24, 2.45) is 0 Å². The normalized spacial score (nSPS) is 21.7. The lowest BCUT2D eigenvalue weighted by Gasteiger charge is -2.53. The zero-order valence-electron chi connectivity index (χ0n) is 23.0. The molecule has 1 aromatic heterocycles. The number of aromatic nitrogens is 1. The molecule has 1 aromatic carbocycles. The van der Waals surface area contributed by atoms with Crippen LogP contribution in [0.1, 0.15) is 58.3 Å². The van der Waals surface area contributed by atoms with E-state index in [0.717, 1.165) is 86.9 Å². The van der Waals surface area contributed by atoms with Gasteiger partial charge in [-0.05, 0) is 50.3 Å². The standard InChI is InChI=1S/C29H42N4O5/c1-4-5-13-29(14-6-7-18-33(29)28(35)36)24(21-25(34)38-3)31-16-9-17-32(20-19-31)27-23(37-2)12-11-22-10-8-15-30-26(22)27/h8,10-12,15,24H,4-7,9,13-14,16-21H2,1-3H3,(H,35,36). The Morgan fingerprint density at radius 1 is 1.08 bits per heavy atom. The van der Waals surface area contributed by atoms with Crippen LogP contribution in [-0.2, 0) is 9.53 Å². The number of ether oxygens (including phenoxy) is 2. The molecule has 2 aromatic rings. The van der Waals surface area contributed by atoms with E-state index in [0.29, 0.717) is 13.1 Å². The summed E-state index contributed by atoms with van der Waals surface area (Å²) in [6.45, 7) is 5.66. The third kappa shape index (κ3) is 5.67. The second-order valence-electron chi connectivity index (χ2n) is 10.5. The van der Waals surface area contributed by atoms with Crippen molar-refractivity contribution in [1.29, 1.82) is 0 Å². The summed E-state index contributed by atoms with van der Waals surface area (Å²) < 4.78 is 10.9. The molecule has 0 spiro atoms. The van der Waals surface area contributed by atoms with Crippen LogP contribution in [0.4, 0.5) is 10.5 Å². The lowest BCUT2D eigenvalue weighted by molar-refractivity contribution is -0.144. The number of carboxylic acid groups (broad SMARTS) is 1. The van der Waals surface area contributed by atoms with Crippen LogP contribution < -0.4 is 9.64 Å². The minimum atomic E-state index is -0.890. The van der Waals surface area contributed by atoms with E-state index in [4.69, 9.17) is 9.47 Å². The summed E-state index contributed by atoms with van der Waals surface area (Å²) in [5, 5.41) is 11.3. The molecule has 9 heteroatoms. The van der Waals surface area contributed by atoms with Crippen molar-refractivity contribution in [3.8, 4) is 5.75 Å². The van der Waals surface area contributed by atoms with Gasteiger partial charge in [-0.25, -0.2) is 4.79 Å². The predicted octanol–water partition coefficient (Wildman–Crippen LogP) is 4.78. The lowest BCUT2D eigenvalue weighted by atomic mass is 9.74. The minimum absolute atomic E-state index is 0.184. The van der Waals surface area contributed by atoms with Gasteiger partial charge in [0, 0.05) is 50.3 Å². The number of hydrogen-bond acceptors (Lipinski definition) is 7. The number of unbranched alkanes of at least 4 members (excludes halogenated alkanes) is 1. The average Bonchev–Trinajstić information content (AvgIpc) is 3.19. The number of anilines is 1. The van der Waals surface area contributed by atoms with Gasteiger partial charge in [-0.15, -0.1) is 0 Å². The molecule has 3 heterocycles. The Bertz CT molecular complexity index is 1110. The molecule has 0 bridgehead atoms. The Kier molecular flexibility index (Phi) is 9.31. The SMILES string of the molecule is CCCCC1(C(CC(=O)OC)N2CCCN(c3c(OC)ccc4cccnc34)CC2)CCCCN1C(=O)O. The number of fused-ring (bicyclic) bond motifs is 1. The van der Waals surface area contributed by atoms with E-state index in [9.17, 15) is 14.7 Å². The van der Waals surface area contributed by atoms with Crippen LogP contribution in [0.5, 0.6) is 5.75 Å². The minimum Gasteiger partial charge on any atom is -0.494 e. The van der Waals surface area contributed by atoms with Crippen LogP contribution in [0.2, 0.25) is 0 Å². The Balaban J connectivity index is 1.68. The first-order valence-corrected chi connectivity index (χ1v) is 13.9. The average molecular weight is 527 g/mol. The number of carbonyl (C=O) groups is 2. The summed E-state index contributed by atoms with van der Waals surface area (Å²) in [7, 11) is 3.10. The molecule has 2 aliphatic heterocycles. The molecule has 0 radical (unpaired) electrons. The van der Waals surface area contributed by atoms with Crippen LogP contribution in [0.3, 0.4) is 0 Å². The van der Waals surface area contributed by atoms with Gasteiger partial charge in [-0.2, -0.15) is 0 Å². The van der Waals surface area contributed by atoms with E-state index in [-0.39, 0.29) is 18.4 Å². The molecule has 2 atom stereocenters. The zero-order chi connectivity index (χ0) is 27.1. The molecule has 2 saturated heterocycles. The van der Waals surface area contributed by atoms with Crippen LogP contribution in [0, 0.1) is 0 Å². The van der Waals surface area contributed by atoms with Crippen molar-refractivity contribution < 1.29 is 24.2 Å². The highest BCUT2D eigenvalue weighted by molar-refractivity contribution is 5.94. The number of benzene rings is 1. The molecule has 1 N–H and O–H groups in total. The van der Waals surface area contributed by atoms with E-state index in [1.165, 1.54) is 7.11 Å². The maximum absolute atomic E-state index is 12.8. The van der Waals surface area contributed by atoms with Gasteiger partial charge in [0.05, 0.1) is 31.7 Å². The molecule has 38 heavy (non-hydrogen) atoms. The fourth-order valence-electron chi connectivity index (χ4n) is 6.56. The van der Waals surface area contributed by atoms with Gasteiger partial charge in [0.25, 0.3) is 0 Å². The summed E-state index contributed by atoms with van der Waals surface area (Å²) in [5.41, 5.74) is 1.29. The number of nitrogens with zero attached hydrogens (tertiary/aromatic N) is 4. The summed E-state index contributed by atoms with van der Waals surface area (Å²) >= 11 is 0. The molecule has 1 amide bonds. The van der Waals surface area contributed by atoms with Gasteiger partial charge >= 0.3 is 12.1 Å². The number of rotatable bonds is 9. The third-order valence-electron chi connectivity index (χ3n) is 8.40. The van der Waals surface area contributed by atoms with Crippen molar-refractivity contribution in [3.05, 3.63) is 30.5 Å². The highest BCUT2D eigenvalue weighted by Crippen LogP contribution is 2.41.